The number of carbonyl (C=O) groups is 1. The smallest absolute Gasteiger partial charge is 0.316 e. The van der Waals surface area contributed by atoms with Crippen LogP contribution in [0.15, 0.2) is 36.7 Å². The largest absolute Gasteiger partial charge is 0.458 e. The number of rotatable bonds is 3. The zero-order chi connectivity index (χ0) is 16.2. The van der Waals surface area contributed by atoms with Crippen molar-refractivity contribution in [2.75, 3.05) is 13.1 Å². The number of halogens is 2. The van der Waals surface area contributed by atoms with Crippen LogP contribution in [-0.2, 0) is 0 Å². The average molecular weight is 427 g/mol. The Balaban J connectivity index is 1.67. The molecule has 2 aromatic rings. The molecule has 23 heavy (non-hydrogen) atoms. The Kier molecular flexibility index (Phi) is 5.04. The van der Waals surface area contributed by atoms with Crippen molar-refractivity contribution in [2.24, 2.45) is 0 Å². The first-order valence-electron chi connectivity index (χ1n) is 7.31. The van der Waals surface area contributed by atoms with Crippen molar-refractivity contribution < 1.29 is 13.9 Å². The molecule has 0 saturated carbocycles. The molecule has 0 aliphatic carbocycles. The SMILES string of the molecule is O=C(c1ccccc1I)N1CCCC(Oc2ncc(F)cn2)C1. The van der Waals surface area contributed by atoms with Crippen molar-refractivity contribution in [3.05, 3.63) is 51.6 Å². The van der Waals surface area contributed by atoms with Crippen LogP contribution in [0.1, 0.15) is 23.2 Å². The summed E-state index contributed by atoms with van der Waals surface area (Å²) in [5, 5.41) is 0. The minimum Gasteiger partial charge on any atom is -0.458 e. The van der Waals surface area contributed by atoms with Gasteiger partial charge in [-0.15, -0.1) is 0 Å². The van der Waals surface area contributed by atoms with Crippen molar-refractivity contribution in [3.8, 4) is 6.01 Å². The van der Waals surface area contributed by atoms with Crippen molar-refractivity contribution in [1.29, 1.82) is 0 Å². The van der Waals surface area contributed by atoms with Gasteiger partial charge in [-0.25, -0.2) is 14.4 Å². The lowest BCUT2D eigenvalue weighted by Crippen LogP contribution is -2.44. The second-order valence-corrected chi connectivity index (χ2v) is 6.46. The predicted octanol–water partition coefficient (Wildman–Crippen LogP) is 2.90. The quantitative estimate of drug-likeness (QED) is 0.708. The van der Waals surface area contributed by atoms with Gasteiger partial charge in [0.05, 0.1) is 24.5 Å². The van der Waals surface area contributed by atoms with Crippen molar-refractivity contribution in [1.82, 2.24) is 14.9 Å². The summed E-state index contributed by atoms with van der Waals surface area (Å²) in [5.41, 5.74) is 0.701. The fourth-order valence-corrected chi connectivity index (χ4v) is 3.15. The lowest BCUT2D eigenvalue weighted by molar-refractivity contribution is 0.0514. The Morgan fingerprint density at radius 1 is 1.30 bits per heavy atom. The number of benzene rings is 1. The maximum absolute atomic E-state index is 12.8. The molecule has 1 fully saturated rings. The second kappa shape index (κ2) is 7.20. The molecule has 1 amide bonds. The van der Waals surface area contributed by atoms with E-state index in [1.807, 2.05) is 24.3 Å². The van der Waals surface area contributed by atoms with Gasteiger partial charge in [0.25, 0.3) is 5.91 Å². The van der Waals surface area contributed by atoms with Gasteiger partial charge in [-0.1, -0.05) is 12.1 Å². The standard InChI is InChI=1S/C16H15FIN3O2/c17-11-8-19-16(20-9-11)23-12-4-3-7-21(10-12)15(22)13-5-1-2-6-14(13)18/h1-2,5-6,8-9,12H,3-4,7,10H2. The number of nitrogens with zero attached hydrogens (tertiary/aromatic N) is 3. The van der Waals surface area contributed by atoms with Gasteiger partial charge in [0.1, 0.15) is 6.10 Å². The first-order chi connectivity index (χ1) is 11.1. The molecule has 1 aromatic heterocycles. The Morgan fingerprint density at radius 2 is 2.04 bits per heavy atom. The fourth-order valence-electron chi connectivity index (χ4n) is 2.53. The van der Waals surface area contributed by atoms with Gasteiger partial charge in [0.15, 0.2) is 5.82 Å². The van der Waals surface area contributed by atoms with Crippen LogP contribution in [-0.4, -0.2) is 40.0 Å². The van der Waals surface area contributed by atoms with Gasteiger partial charge in [-0.2, -0.15) is 0 Å². The second-order valence-electron chi connectivity index (χ2n) is 5.30. The van der Waals surface area contributed by atoms with Gasteiger partial charge in [0, 0.05) is 10.1 Å². The van der Waals surface area contributed by atoms with Crippen molar-refractivity contribution in [3.63, 3.8) is 0 Å². The van der Waals surface area contributed by atoms with Gasteiger partial charge in [0.2, 0.25) is 0 Å². The number of ether oxygens (including phenoxy) is 1. The molecule has 0 bridgehead atoms. The molecule has 1 aliphatic rings. The highest BCUT2D eigenvalue weighted by atomic mass is 127. The first kappa shape index (κ1) is 16.1. The number of likely N-dealkylation sites (tertiary alicyclic amines) is 1. The van der Waals surface area contributed by atoms with Gasteiger partial charge >= 0.3 is 6.01 Å². The van der Waals surface area contributed by atoms with E-state index in [0.29, 0.717) is 18.7 Å². The Bertz CT molecular complexity index is 696. The number of amides is 1. The summed E-state index contributed by atoms with van der Waals surface area (Å²) in [6, 6.07) is 7.65. The fraction of sp³-hybridized carbons (Fsp3) is 0.312. The summed E-state index contributed by atoms with van der Waals surface area (Å²) in [6.07, 6.45) is 3.62. The van der Waals surface area contributed by atoms with E-state index >= 15 is 0 Å². The lowest BCUT2D eigenvalue weighted by atomic mass is 10.1. The van der Waals surface area contributed by atoms with Crippen LogP contribution in [0.25, 0.3) is 0 Å². The third-order valence-electron chi connectivity index (χ3n) is 3.64. The van der Waals surface area contributed by atoms with Crippen LogP contribution in [0.5, 0.6) is 6.01 Å². The summed E-state index contributed by atoms with van der Waals surface area (Å²) in [6.45, 7) is 1.18. The Hall–Kier alpha value is -1.77. The highest BCUT2D eigenvalue weighted by molar-refractivity contribution is 14.1. The lowest BCUT2D eigenvalue weighted by Gasteiger charge is -2.32. The minimum atomic E-state index is -0.503. The van der Waals surface area contributed by atoms with E-state index in [0.717, 1.165) is 28.8 Å². The van der Waals surface area contributed by atoms with E-state index < -0.39 is 5.82 Å². The topological polar surface area (TPSA) is 55.3 Å². The summed E-state index contributed by atoms with van der Waals surface area (Å²) in [5.74, 6) is -0.500. The number of carbonyl (C=O) groups excluding carboxylic acids is 1. The molecule has 1 saturated heterocycles. The van der Waals surface area contributed by atoms with Crippen molar-refractivity contribution >= 4 is 28.5 Å². The van der Waals surface area contributed by atoms with Crippen LogP contribution in [0.2, 0.25) is 0 Å². The maximum Gasteiger partial charge on any atom is 0.316 e. The van der Waals surface area contributed by atoms with E-state index in [1.54, 1.807) is 4.90 Å². The Labute approximate surface area is 147 Å². The zero-order valence-electron chi connectivity index (χ0n) is 12.3. The molecular formula is C16H15FIN3O2. The molecule has 1 unspecified atom stereocenters. The third-order valence-corrected chi connectivity index (χ3v) is 4.58. The van der Waals surface area contributed by atoms with E-state index in [4.69, 9.17) is 4.74 Å². The summed E-state index contributed by atoms with van der Waals surface area (Å²) >= 11 is 2.16. The monoisotopic (exact) mass is 427 g/mol. The van der Waals surface area contributed by atoms with Crippen LogP contribution in [0.4, 0.5) is 4.39 Å². The first-order valence-corrected chi connectivity index (χ1v) is 8.39. The molecule has 2 heterocycles. The number of hydrogen-bond donors (Lipinski definition) is 0. The van der Waals surface area contributed by atoms with Gasteiger partial charge in [-0.05, 0) is 47.6 Å². The maximum atomic E-state index is 12.8. The normalized spacial score (nSPS) is 17.8. The molecule has 1 aromatic carbocycles. The van der Waals surface area contributed by atoms with Gasteiger partial charge in [-0.3, -0.25) is 4.79 Å². The summed E-state index contributed by atoms with van der Waals surface area (Å²) in [7, 11) is 0. The molecule has 120 valence electrons. The molecule has 0 spiro atoms. The Morgan fingerprint density at radius 3 is 2.78 bits per heavy atom. The molecule has 1 atom stereocenters. The average Bonchev–Trinajstić information content (AvgIpc) is 2.57. The zero-order valence-corrected chi connectivity index (χ0v) is 14.4. The molecule has 0 N–H and O–H groups in total. The van der Waals surface area contributed by atoms with Crippen LogP contribution in [0, 0.1) is 9.39 Å². The summed E-state index contributed by atoms with van der Waals surface area (Å²) in [4.78, 5) is 22.0. The number of hydrogen-bond acceptors (Lipinski definition) is 4. The van der Waals surface area contributed by atoms with Crippen LogP contribution < -0.4 is 4.74 Å². The van der Waals surface area contributed by atoms with Crippen LogP contribution >= 0.6 is 22.6 Å². The van der Waals surface area contributed by atoms with E-state index in [9.17, 15) is 9.18 Å². The molecule has 5 nitrogen and oxygen atoms in total. The predicted molar refractivity (Wildman–Crippen MR) is 90.7 cm³/mol. The summed E-state index contributed by atoms with van der Waals surface area (Å²) < 4.78 is 19.4. The van der Waals surface area contributed by atoms with Crippen molar-refractivity contribution in [2.45, 2.75) is 18.9 Å². The van der Waals surface area contributed by atoms with Crippen LogP contribution in [0.3, 0.4) is 0 Å². The molecular weight excluding hydrogens is 412 g/mol. The number of aromatic nitrogens is 2. The number of piperidine rings is 1. The van der Waals surface area contributed by atoms with E-state index in [1.165, 1.54) is 0 Å². The molecule has 1 aliphatic heterocycles. The van der Waals surface area contributed by atoms with Gasteiger partial charge < -0.3 is 9.64 Å². The highest BCUT2D eigenvalue weighted by Crippen LogP contribution is 2.20. The molecule has 0 radical (unpaired) electrons. The third kappa shape index (κ3) is 3.95. The minimum absolute atomic E-state index is 0.00308. The molecule has 3 rings (SSSR count). The van der Waals surface area contributed by atoms with E-state index in [-0.39, 0.29) is 18.0 Å². The van der Waals surface area contributed by atoms with E-state index in [2.05, 4.69) is 32.6 Å². The highest BCUT2D eigenvalue weighted by Gasteiger charge is 2.27. The molecule has 7 heteroatoms.